The number of hydrogen-bond donors (Lipinski definition) is 0. The molecular formula is C12H17BrFN. The third-order valence-corrected chi connectivity index (χ3v) is 2.98. The van der Waals surface area contributed by atoms with Gasteiger partial charge in [-0.25, -0.2) is 4.39 Å². The molecule has 1 nitrogen and oxygen atoms in total. The molecule has 1 rings (SSSR count). The lowest BCUT2D eigenvalue weighted by atomic mass is 10.2. The zero-order valence-electron chi connectivity index (χ0n) is 9.26. The topological polar surface area (TPSA) is 3.24 Å². The molecule has 1 aromatic rings. The first-order chi connectivity index (χ1) is 7.17. The second-order valence-corrected chi connectivity index (χ2v) is 4.47. The number of halogens is 2. The lowest BCUT2D eigenvalue weighted by Crippen LogP contribution is -2.23. The van der Waals surface area contributed by atoms with Gasteiger partial charge in [0.2, 0.25) is 0 Å². The summed E-state index contributed by atoms with van der Waals surface area (Å²) in [5.41, 5.74) is 1.15. The largest absolute Gasteiger partial charge is 0.299 e. The van der Waals surface area contributed by atoms with Crippen LogP contribution in [0.25, 0.3) is 0 Å². The Bertz CT molecular complexity index is 314. The van der Waals surface area contributed by atoms with Crippen molar-refractivity contribution < 1.29 is 4.39 Å². The summed E-state index contributed by atoms with van der Waals surface area (Å²) in [5, 5.41) is 0. The van der Waals surface area contributed by atoms with E-state index in [2.05, 4.69) is 34.7 Å². The Balaban J connectivity index is 2.66. The van der Waals surface area contributed by atoms with Crippen molar-refractivity contribution in [3.63, 3.8) is 0 Å². The van der Waals surface area contributed by atoms with Gasteiger partial charge in [0.25, 0.3) is 0 Å². The molecule has 0 aliphatic carbocycles. The summed E-state index contributed by atoms with van der Waals surface area (Å²) in [7, 11) is 0. The van der Waals surface area contributed by atoms with Gasteiger partial charge in [-0.05, 0) is 53.1 Å². The van der Waals surface area contributed by atoms with E-state index in [0.717, 1.165) is 31.6 Å². The van der Waals surface area contributed by atoms with E-state index in [-0.39, 0.29) is 5.82 Å². The fourth-order valence-corrected chi connectivity index (χ4v) is 1.99. The fraction of sp³-hybridized carbons (Fsp3) is 0.500. The maximum atomic E-state index is 13.0. The van der Waals surface area contributed by atoms with Crippen LogP contribution in [0.3, 0.4) is 0 Å². The van der Waals surface area contributed by atoms with Gasteiger partial charge in [0.15, 0.2) is 0 Å². The van der Waals surface area contributed by atoms with Crippen molar-refractivity contribution in [2.24, 2.45) is 0 Å². The lowest BCUT2D eigenvalue weighted by Gasteiger charge is -2.19. The molecule has 0 amide bonds. The molecule has 0 spiro atoms. The van der Waals surface area contributed by atoms with Crippen molar-refractivity contribution in [2.75, 3.05) is 13.1 Å². The van der Waals surface area contributed by atoms with Crippen LogP contribution in [0.4, 0.5) is 4.39 Å². The molecule has 0 bridgehead atoms. The second-order valence-electron chi connectivity index (χ2n) is 3.62. The summed E-state index contributed by atoms with van der Waals surface area (Å²) in [5.74, 6) is -0.197. The smallest absolute Gasteiger partial charge is 0.137 e. The first-order valence-electron chi connectivity index (χ1n) is 5.33. The quantitative estimate of drug-likeness (QED) is 0.789. The third-order valence-electron chi connectivity index (χ3n) is 2.38. The van der Waals surface area contributed by atoms with Crippen LogP contribution in [0, 0.1) is 5.82 Å². The molecule has 15 heavy (non-hydrogen) atoms. The fourth-order valence-electron chi connectivity index (χ4n) is 1.56. The zero-order valence-corrected chi connectivity index (χ0v) is 10.8. The Morgan fingerprint density at radius 3 is 2.60 bits per heavy atom. The highest BCUT2D eigenvalue weighted by Gasteiger charge is 2.04. The molecule has 0 fully saturated rings. The van der Waals surface area contributed by atoms with E-state index in [1.54, 1.807) is 0 Å². The molecule has 0 aliphatic heterocycles. The molecule has 3 heteroatoms. The van der Waals surface area contributed by atoms with Crippen molar-refractivity contribution in [1.82, 2.24) is 4.90 Å². The molecule has 0 aliphatic rings. The zero-order chi connectivity index (χ0) is 11.3. The van der Waals surface area contributed by atoms with Crippen LogP contribution in [0.5, 0.6) is 0 Å². The molecular weight excluding hydrogens is 257 g/mol. The molecule has 0 saturated heterocycles. The van der Waals surface area contributed by atoms with E-state index >= 15 is 0 Å². The van der Waals surface area contributed by atoms with Gasteiger partial charge in [-0.3, -0.25) is 4.90 Å². The number of nitrogens with zero attached hydrogens (tertiary/aromatic N) is 1. The van der Waals surface area contributed by atoms with Gasteiger partial charge in [0.1, 0.15) is 5.82 Å². The monoisotopic (exact) mass is 273 g/mol. The Kier molecular flexibility index (Phi) is 5.26. The van der Waals surface area contributed by atoms with E-state index in [0.29, 0.717) is 4.47 Å². The maximum Gasteiger partial charge on any atom is 0.137 e. The van der Waals surface area contributed by atoms with Crippen LogP contribution < -0.4 is 0 Å². The van der Waals surface area contributed by atoms with Crippen molar-refractivity contribution in [3.8, 4) is 0 Å². The summed E-state index contributed by atoms with van der Waals surface area (Å²) in [6.07, 6.45) is 1.15. The van der Waals surface area contributed by atoms with Crippen LogP contribution in [-0.4, -0.2) is 18.0 Å². The summed E-state index contributed by atoms with van der Waals surface area (Å²) in [6, 6.07) is 5.21. The highest BCUT2D eigenvalue weighted by atomic mass is 79.9. The second kappa shape index (κ2) is 6.23. The Morgan fingerprint density at radius 2 is 2.07 bits per heavy atom. The number of rotatable bonds is 5. The van der Waals surface area contributed by atoms with Crippen molar-refractivity contribution in [3.05, 3.63) is 34.1 Å². The molecule has 84 valence electrons. The molecule has 0 saturated carbocycles. The third kappa shape index (κ3) is 3.92. The highest BCUT2D eigenvalue weighted by molar-refractivity contribution is 9.10. The van der Waals surface area contributed by atoms with Crippen molar-refractivity contribution in [1.29, 1.82) is 0 Å². The summed E-state index contributed by atoms with van der Waals surface area (Å²) in [4.78, 5) is 2.35. The predicted octanol–water partition coefficient (Wildman–Crippen LogP) is 3.82. The van der Waals surface area contributed by atoms with E-state index in [1.807, 2.05) is 12.1 Å². The SMILES string of the molecule is CCCN(CC)Cc1ccc(F)c(Br)c1. The van der Waals surface area contributed by atoms with E-state index < -0.39 is 0 Å². The van der Waals surface area contributed by atoms with Crippen LogP contribution in [0.2, 0.25) is 0 Å². The number of hydrogen-bond acceptors (Lipinski definition) is 1. The molecule has 0 unspecified atom stereocenters. The lowest BCUT2D eigenvalue weighted by molar-refractivity contribution is 0.280. The molecule has 0 radical (unpaired) electrons. The van der Waals surface area contributed by atoms with Gasteiger partial charge < -0.3 is 0 Å². The summed E-state index contributed by atoms with van der Waals surface area (Å²) in [6.45, 7) is 7.33. The molecule has 0 heterocycles. The minimum absolute atomic E-state index is 0.197. The summed E-state index contributed by atoms with van der Waals surface area (Å²) < 4.78 is 13.6. The van der Waals surface area contributed by atoms with Gasteiger partial charge in [-0.1, -0.05) is 19.9 Å². The maximum absolute atomic E-state index is 13.0. The highest BCUT2D eigenvalue weighted by Crippen LogP contribution is 2.17. The minimum atomic E-state index is -0.197. The average Bonchev–Trinajstić information content (AvgIpc) is 2.23. The number of benzene rings is 1. The van der Waals surface area contributed by atoms with E-state index in [9.17, 15) is 4.39 Å². The van der Waals surface area contributed by atoms with Crippen molar-refractivity contribution in [2.45, 2.75) is 26.8 Å². The normalized spacial score (nSPS) is 11.0. The Morgan fingerprint density at radius 1 is 1.33 bits per heavy atom. The van der Waals surface area contributed by atoms with E-state index in [1.165, 1.54) is 6.07 Å². The Labute approximate surface area is 99.4 Å². The van der Waals surface area contributed by atoms with Crippen LogP contribution in [0.15, 0.2) is 22.7 Å². The van der Waals surface area contributed by atoms with Crippen LogP contribution in [0.1, 0.15) is 25.8 Å². The first-order valence-corrected chi connectivity index (χ1v) is 6.13. The van der Waals surface area contributed by atoms with Gasteiger partial charge in [-0.15, -0.1) is 0 Å². The van der Waals surface area contributed by atoms with Crippen LogP contribution in [-0.2, 0) is 6.54 Å². The minimum Gasteiger partial charge on any atom is -0.299 e. The van der Waals surface area contributed by atoms with Gasteiger partial charge >= 0.3 is 0 Å². The average molecular weight is 274 g/mol. The predicted molar refractivity (Wildman–Crippen MR) is 65.3 cm³/mol. The molecule has 0 N–H and O–H groups in total. The first kappa shape index (κ1) is 12.7. The Hall–Kier alpha value is -0.410. The standard InChI is InChI=1S/C12H17BrFN/c1-3-7-15(4-2)9-10-5-6-12(14)11(13)8-10/h5-6,8H,3-4,7,9H2,1-2H3. The summed E-state index contributed by atoms with van der Waals surface area (Å²) >= 11 is 3.20. The van der Waals surface area contributed by atoms with Gasteiger partial charge in [-0.2, -0.15) is 0 Å². The molecule has 0 aromatic heterocycles. The molecule has 0 atom stereocenters. The van der Waals surface area contributed by atoms with Crippen LogP contribution >= 0.6 is 15.9 Å². The van der Waals surface area contributed by atoms with Gasteiger partial charge in [0, 0.05) is 6.54 Å². The molecule has 1 aromatic carbocycles. The van der Waals surface area contributed by atoms with Gasteiger partial charge in [0.05, 0.1) is 4.47 Å². The van der Waals surface area contributed by atoms with E-state index in [4.69, 9.17) is 0 Å². The van der Waals surface area contributed by atoms with Crippen molar-refractivity contribution >= 4 is 15.9 Å².